The first-order chi connectivity index (χ1) is 11.7. The molecule has 1 aromatic carbocycles. The lowest BCUT2D eigenvalue weighted by Crippen LogP contribution is -2.30. The van der Waals surface area contributed by atoms with Crippen molar-refractivity contribution in [1.82, 2.24) is 4.98 Å². The summed E-state index contributed by atoms with van der Waals surface area (Å²) >= 11 is 0. The SMILES string of the molecule is FC(F)Oc1ccc(NCc2ccccc2N2CCCCC2)nc1. The van der Waals surface area contributed by atoms with Gasteiger partial charge in [-0.25, -0.2) is 4.98 Å². The molecule has 128 valence electrons. The zero-order valence-electron chi connectivity index (χ0n) is 13.4. The quantitative estimate of drug-likeness (QED) is 0.856. The van der Waals surface area contributed by atoms with Crippen molar-refractivity contribution in [1.29, 1.82) is 0 Å². The highest BCUT2D eigenvalue weighted by Gasteiger charge is 2.14. The Balaban J connectivity index is 1.64. The molecule has 6 heteroatoms. The van der Waals surface area contributed by atoms with E-state index in [1.54, 1.807) is 6.07 Å². The maximum atomic E-state index is 12.1. The zero-order valence-corrected chi connectivity index (χ0v) is 13.4. The van der Waals surface area contributed by atoms with Gasteiger partial charge in [-0.05, 0) is 43.0 Å². The number of alkyl halides is 2. The van der Waals surface area contributed by atoms with Gasteiger partial charge in [0.15, 0.2) is 0 Å². The number of nitrogens with zero attached hydrogens (tertiary/aromatic N) is 2. The molecule has 1 N–H and O–H groups in total. The molecule has 0 radical (unpaired) electrons. The summed E-state index contributed by atoms with van der Waals surface area (Å²) in [6.07, 6.45) is 5.06. The second-order valence-corrected chi connectivity index (χ2v) is 5.79. The number of anilines is 2. The molecular weight excluding hydrogens is 312 g/mol. The first-order valence-electron chi connectivity index (χ1n) is 8.20. The van der Waals surface area contributed by atoms with Crippen LogP contribution in [0.25, 0.3) is 0 Å². The van der Waals surface area contributed by atoms with Gasteiger partial charge in [0.2, 0.25) is 0 Å². The van der Waals surface area contributed by atoms with Gasteiger partial charge < -0.3 is 15.0 Å². The van der Waals surface area contributed by atoms with Crippen LogP contribution in [0.1, 0.15) is 24.8 Å². The first-order valence-corrected chi connectivity index (χ1v) is 8.20. The van der Waals surface area contributed by atoms with Crippen molar-refractivity contribution in [2.75, 3.05) is 23.3 Å². The summed E-state index contributed by atoms with van der Waals surface area (Å²) in [5, 5.41) is 3.24. The van der Waals surface area contributed by atoms with Crippen LogP contribution in [0.4, 0.5) is 20.3 Å². The molecule has 0 unspecified atom stereocenters. The van der Waals surface area contributed by atoms with Crippen molar-refractivity contribution < 1.29 is 13.5 Å². The average molecular weight is 333 g/mol. The molecule has 3 rings (SSSR count). The van der Waals surface area contributed by atoms with E-state index >= 15 is 0 Å². The molecule has 4 nitrogen and oxygen atoms in total. The molecule has 1 aromatic heterocycles. The second kappa shape index (κ2) is 7.95. The third-order valence-electron chi connectivity index (χ3n) is 4.11. The molecule has 1 fully saturated rings. The number of nitrogens with one attached hydrogen (secondary N) is 1. The molecule has 0 bridgehead atoms. The van der Waals surface area contributed by atoms with Gasteiger partial charge in [-0.3, -0.25) is 0 Å². The lowest BCUT2D eigenvalue weighted by Gasteiger charge is -2.30. The van der Waals surface area contributed by atoms with Crippen LogP contribution in [0.5, 0.6) is 5.75 Å². The van der Waals surface area contributed by atoms with E-state index in [2.05, 4.69) is 38.1 Å². The lowest BCUT2D eigenvalue weighted by molar-refractivity contribution is -0.0500. The average Bonchev–Trinajstić information content (AvgIpc) is 2.62. The first kappa shape index (κ1) is 16.5. The van der Waals surface area contributed by atoms with E-state index < -0.39 is 6.61 Å². The summed E-state index contributed by atoms with van der Waals surface area (Å²) in [6.45, 7) is -0.0134. The largest absolute Gasteiger partial charge is 0.433 e. The van der Waals surface area contributed by atoms with Crippen molar-refractivity contribution in [3.63, 3.8) is 0 Å². The van der Waals surface area contributed by atoms with Crippen LogP contribution in [0.15, 0.2) is 42.6 Å². The minimum Gasteiger partial charge on any atom is -0.433 e. The van der Waals surface area contributed by atoms with Gasteiger partial charge in [0.1, 0.15) is 11.6 Å². The van der Waals surface area contributed by atoms with Crippen molar-refractivity contribution >= 4 is 11.5 Å². The summed E-state index contributed by atoms with van der Waals surface area (Å²) in [7, 11) is 0. The van der Waals surface area contributed by atoms with Crippen LogP contribution in [0, 0.1) is 0 Å². The number of pyridine rings is 1. The van der Waals surface area contributed by atoms with Crippen LogP contribution < -0.4 is 15.0 Å². The monoisotopic (exact) mass is 333 g/mol. The summed E-state index contributed by atoms with van der Waals surface area (Å²) in [5.41, 5.74) is 2.46. The van der Waals surface area contributed by atoms with E-state index in [4.69, 9.17) is 0 Å². The van der Waals surface area contributed by atoms with Gasteiger partial charge in [0.25, 0.3) is 0 Å². The summed E-state index contributed by atoms with van der Waals surface area (Å²) < 4.78 is 28.6. The molecule has 24 heavy (non-hydrogen) atoms. The topological polar surface area (TPSA) is 37.4 Å². The number of aromatic nitrogens is 1. The predicted molar refractivity (Wildman–Crippen MR) is 90.7 cm³/mol. The molecule has 0 aliphatic carbocycles. The van der Waals surface area contributed by atoms with Crippen molar-refractivity contribution in [2.24, 2.45) is 0 Å². The van der Waals surface area contributed by atoms with Gasteiger partial charge in [-0.2, -0.15) is 8.78 Å². The van der Waals surface area contributed by atoms with Gasteiger partial charge in [0.05, 0.1) is 6.20 Å². The van der Waals surface area contributed by atoms with Crippen LogP contribution in [-0.2, 0) is 6.54 Å². The Morgan fingerprint density at radius 3 is 2.58 bits per heavy atom. The summed E-state index contributed by atoms with van der Waals surface area (Å²) in [6, 6.07) is 11.5. The van der Waals surface area contributed by atoms with Crippen molar-refractivity contribution in [3.05, 3.63) is 48.2 Å². The maximum Gasteiger partial charge on any atom is 0.387 e. The van der Waals surface area contributed by atoms with Crippen molar-refractivity contribution in [3.8, 4) is 5.75 Å². The molecule has 1 aliphatic heterocycles. The molecule has 1 aliphatic rings. The Morgan fingerprint density at radius 2 is 1.88 bits per heavy atom. The molecule has 0 amide bonds. The van der Waals surface area contributed by atoms with Gasteiger partial charge in [0, 0.05) is 25.3 Å². The van der Waals surface area contributed by atoms with Crippen molar-refractivity contribution in [2.45, 2.75) is 32.4 Å². The van der Waals surface area contributed by atoms with Crippen LogP contribution >= 0.6 is 0 Å². The third-order valence-corrected chi connectivity index (χ3v) is 4.11. The Labute approximate surface area is 140 Å². The fourth-order valence-corrected chi connectivity index (χ4v) is 2.95. The molecular formula is C18H21F2N3O. The number of hydrogen-bond acceptors (Lipinski definition) is 4. The smallest absolute Gasteiger partial charge is 0.387 e. The van der Waals surface area contributed by atoms with Gasteiger partial charge in [-0.1, -0.05) is 18.2 Å². The molecule has 0 atom stereocenters. The zero-order chi connectivity index (χ0) is 16.8. The number of para-hydroxylation sites is 1. The van der Waals surface area contributed by atoms with E-state index in [1.165, 1.54) is 42.8 Å². The Kier molecular flexibility index (Phi) is 5.46. The van der Waals surface area contributed by atoms with E-state index in [-0.39, 0.29) is 5.75 Å². The highest BCUT2D eigenvalue weighted by Crippen LogP contribution is 2.25. The Morgan fingerprint density at radius 1 is 1.08 bits per heavy atom. The third kappa shape index (κ3) is 4.34. The Hall–Kier alpha value is -2.37. The number of benzene rings is 1. The highest BCUT2D eigenvalue weighted by atomic mass is 19.3. The van der Waals surface area contributed by atoms with Gasteiger partial charge >= 0.3 is 6.61 Å². The number of rotatable bonds is 6. The van der Waals surface area contributed by atoms with E-state index in [1.807, 2.05) is 6.07 Å². The Bertz CT molecular complexity index is 643. The highest BCUT2D eigenvalue weighted by molar-refractivity contribution is 5.55. The van der Waals surface area contributed by atoms with Gasteiger partial charge in [-0.15, -0.1) is 0 Å². The minimum atomic E-state index is -2.83. The summed E-state index contributed by atoms with van der Waals surface area (Å²) in [5.74, 6) is 0.689. The number of halogens is 2. The van der Waals surface area contributed by atoms with E-state index in [0.29, 0.717) is 12.4 Å². The van der Waals surface area contributed by atoms with E-state index in [9.17, 15) is 8.78 Å². The maximum absolute atomic E-state index is 12.1. The summed E-state index contributed by atoms with van der Waals surface area (Å²) in [4.78, 5) is 6.53. The van der Waals surface area contributed by atoms with Crippen LogP contribution in [0.3, 0.4) is 0 Å². The number of piperidine rings is 1. The normalized spacial score (nSPS) is 14.7. The fraction of sp³-hybridized carbons (Fsp3) is 0.389. The second-order valence-electron chi connectivity index (χ2n) is 5.79. The predicted octanol–water partition coefficient (Wildman–Crippen LogP) is 4.29. The lowest BCUT2D eigenvalue weighted by atomic mass is 10.1. The fourth-order valence-electron chi connectivity index (χ4n) is 2.95. The number of hydrogen-bond donors (Lipinski definition) is 1. The molecule has 0 saturated carbocycles. The van der Waals surface area contributed by atoms with Crippen LogP contribution in [-0.4, -0.2) is 24.7 Å². The van der Waals surface area contributed by atoms with E-state index in [0.717, 1.165) is 13.1 Å². The molecule has 2 heterocycles. The standard InChI is InChI=1S/C18H21F2N3O/c19-18(20)24-15-8-9-17(22-13-15)21-12-14-6-2-3-7-16(14)23-10-4-1-5-11-23/h2-3,6-9,13,18H,1,4-5,10-12H2,(H,21,22). The molecule has 2 aromatic rings. The van der Waals surface area contributed by atoms with Crippen LogP contribution in [0.2, 0.25) is 0 Å². The molecule has 1 saturated heterocycles. The minimum absolute atomic E-state index is 0.0595. The molecule has 0 spiro atoms. The number of ether oxygens (including phenoxy) is 1.